The minimum atomic E-state index is 0.168. The SMILES string of the molecule is c1ccc(-c2c3ccccc3c(-c3ccc4[se]c5c(-c6c7ccccc7c(-c7ccccc7)c7ccccc67)cccc5c4c3)c3ccccc23)cc1.c1ccc(-c2c3ccccc3c(-c3ccc4oc5c(-c6c7ccccc7c(-c7cccc8ccccc78)c7ccccc67)cccc5c4c3)c3ccccc23)cc1. The van der Waals surface area contributed by atoms with Gasteiger partial charge in [-0.15, -0.1) is 0 Å². The summed E-state index contributed by atoms with van der Waals surface area (Å²) in [6, 6.07) is 147. The van der Waals surface area contributed by atoms with Gasteiger partial charge in [0, 0.05) is 21.9 Å². The number of fused-ring (bicyclic) bond motifs is 15. The molecule has 0 aliphatic carbocycles. The van der Waals surface area contributed by atoms with Crippen LogP contribution in [0.3, 0.4) is 0 Å². The van der Waals surface area contributed by atoms with E-state index in [4.69, 9.17) is 4.42 Å². The quantitative estimate of drug-likeness (QED) is 0.109. The molecule has 23 rings (SSSR count). The molecule has 0 fully saturated rings. The average Bonchev–Trinajstić information content (AvgIpc) is 1.40. The van der Waals surface area contributed by atoms with Gasteiger partial charge < -0.3 is 4.42 Å². The van der Waals surface area contributed by atoms with Crippen LogP contribution in [-0.4, -0.2) is 14.5 Å². The summed E-state index contributed by atoms with van der Waals surface area (Å²) < 4.78 is 9.88. The van der Waals surface area contributed by atoms with Crippen LogP contribution < -0.4 is 0 Å². The minimum absolute atomic E-state index is 0.168. The second kappa shape index (κ2) is 26.1. The van der Waals surface area contributed by atoms with E-state index in [0.717, 1.165) is 27.5 Å². The molecule has 2 heteroatoms. The van der Waals surface area contributed by atoms with Crippen LogP contribution in [0.5, 0.6) is 0 Å². The molecule has 110 heavy (non-hydrogen) atoms. The third-order valence-corrected chi connectivity index (χ3v) is 25.6. The van der Waals surface area contributed by atoms with Crippen LogP contribution in [0.2, 0.25) is 0 Å². The Morgan fingerprint density at radius 3 is 0.864 bits per heavy atom. The minimum Gasteiger partial charge on any atom is -0.455 e. The van der Waals surface area contributed by atoms with E-state index in [-0.39, 0.29) is 14.5 Å². The zero-order valence-electron chi connectivity index (χ0n) is 59.9. The second-order valence-corrected chi connectivity index (χ2v) is 31.2. The third kappa shape index (κ3) is 10.1. The van der Waals surface area contributed by atoms with Gasteiger partial charge in [-0.2, -0.15) is 0 Å². The molecule has 0 aliphatic heterocycles. The van der Waals surface area contributed by atoms with Gasteiger partial charge in [-0.3, -0.25) is 0 Å². The van der Waals surface area contributed by atoms with Gasteiger partial charge in [-0.25, -0.2) is 0 Å². The third-order valence-electron chi connectivity index (χ3n) is 23.1. The first kappa shape index (κ1) is 63.5. The predicted molar refractivity (Wildman–Crippen MR) is 473 cm³/mol. The number of hydrogen-bond acceptors (Lipinski definition) is 1. The van der Waals surface area contributed by atoms with Crippen molar-refractivity contribution in [2.45, 2.75) is 0 Å². The maximum atomic E-state index is 6.95. The molecule has 0 amide bonds. The smallest absolute Gasteiger partial charge is 0.143 e. The summed E-state index contributed by atoms with van der Waals surface area (Å²) in [6.07, 6.45) is 0. The van der Waals surface area contributed by atoms with Gasteiger partial charge in [-0.1, -0.05) is 194 Å². The van der Waals surface area contributed by atoms with Crippen molar-refractivity contribution in [1.29, 1.82) is 0 Å². The van der Waals surface area contributed by atoms with Gasteiger partial charge in [0.25, 0.3) is 0 Å². The summed E-state index contributed by atoms with van der Waals surface area (Å²) in [5.74, 6) is 0. The largest absolute Gasteiger partial charge is 0.455 e. The topological polar surface area (TPSA) is 13.1 Å². The van der Waals surface area contributed by atoms with E-state index >= 15 is 0 Å². The van der Waals surface area contributed by atoms with E-state index < -0.39 is 0 Å². The summed E-state index contributed by atoms with van der Waals surface area (Å²) >= 11 is 0.168. The van der Waals surface area contributed by atoms with E-state index in [1.54, 1.807) is 0 Å². The summed E-state index contributed by atoms with van der Waals surface area (Å²) in [7, 11) is 0. The summed E-state index contributed by atoms with van der Waals surface area (Å²) in [5, 5.41) is 27.7. The van der Waals surface area contributed by atoms with Gasteiger partial charge in [0.15, 0.2) is 0 Å². The van der Waals surface area contributed by atoms with Crippen LogP contribution in [0.15, 0.2) is 405 Å². The van der Waals surface area contributed by atoms with E-state index in [1.807, 2.05) is 0 Å². The maximum Gasteiger partial charge on any atom is 0.143 e. The second-order valence-electron chi connectivity index (χ2n) is 29.0. The molecular weight excluding hydrogens is 1390 g/mol. The molecule has 0 unspecified atom stereocenters. The van der Waals surface area contributed by atoms with Crippen molar-refractivity contribution in [2.24, 2.45) is 0 Å². The molecule has 1 nitrogen and oxygen atoms in total. The molecule has 2 heterocycles. The van der Waals surface area contributed by atoms with Gasteiger partial charge >= 0.3 is 316 Å². The van der Waals surface area contributed by atoms with Gasteiger partial charge in [0.1, 0.15) is 11.2 Å². The zero-order chi connectivity index (χ0) is 72.3. The van der Waals surface area contributed by atoms with Crippen molar-refractivity contribution in [3.05, 3.63) is 400 Å². The summed E-state index contributed by atoms with van der Waals surface area (Å²) in [5.41, 5.74) is 21.9. The number of para-hydroxylation sites is 1. The molecule has 0 atom stereocenters. The van der Waals surface area contributed by atoms with Crippen LogP contribution in [0.25, 0.3) is 227 Å². The first-order valence-electron chi connectivity index (χ1n) is 38.0. The Labute approximate surface area is 641 Å². The number of rotatable bonds is 8. The van der Waals surface area contributed by atoms with Gasteiger partial charge in [-0.05, 0) is 99.4 Å². The zero-order valence-corrected chi connectivity index (χ0v) is 61.6. The van der Waals surface area contributed by atoms with E-state index in [2.05, 4.69) is 400 Å². The Morgan fingerprint density at radius 1 is 0.164 bits per heavy atom. The fraction of sp³-hybridized carbons (Fsp3) is 0. The Morgan fingerprint density at radius 2 is 0.445 bits per heavy atom. The van der Waals surface area contributed by atoms with E-state index in [1.165, 1.54) is 200 Å². The Balaban J connectivity index is 0.000000136. The van der Waals surface area contributed by atoms with E-state index in [0.29, 0.717) is 0 Å². The standard InChI is InChI=1S/C56H34O.C52H32Se/c1-2-17-36(18-3-1)52-40-21-6-8-23-42(40)53(43-24-9-7-22-41(43)52)37-32-33-51-50(34-37)48-30-15-31-49(56(48)57-51)55-46-27-12-10-25-44(46)54(45-26-11-13-28-47(45)55)39-29-14-19-35-16-4-5-20-38(35)39;1-3-16-33(17-4-1)48-36-20-7-9-22-38(36)50(39-23-10-8-21-37(39)48)35-30-31-47-46(32-35)44-28-15-29-45(52(44)53-47)51-42-26-13-11-24-40(42)49(34-18-5-2-6-19-34)41-25-12-14-27-43(41)51/h1-34H;1-32H. The van der Waals surface area contributed by atoms with Crippen molar-refractivity contribution in [1.82, 2.24) is 0 Å². The molecule has 0 radical (unpaired) electrons. The summed E-state index contributed by atoms with van der Waals surface area (Å²) in [6.45, 7) is 0. The van der Waals surface area contributed by atoms with E-state index in [9.17, 15) is 0 Å². The van der Waals surface area contributed by atoms with Crippen LogP contribution in [0.1, 0.15) is 0 Å². The molecule has 2 aromatic heterocycles. The monoisotopic (exact) mass is 1460 g/mol. The maximum absolute atomic E-state index is 6.95. The molecule has 23 aromatic rings. The van der Waals surface area contributed by atoms with Crippen molar-refractivity contribution >= 4 is 153 Å². The first-order chi connectivity index (χ1) is 54.6. The Bertz CT molecular complexity index is 7460. The average molecular weight is 1460 g/mol. The molecule has 0 saturated carbocycles. The predicted octanol–water partition coefficient (Wildman–Crippen LogP) is 30.4. The van der Waals surface area contributed by atoms with Gasteiger partial charge in [0.05, 0.1) is 0 Å². The first-order valence-corrected chi connectivity index (χ1v) is 39.7. The Hall–Kier alpha value is -13.7. The van der Waals surface area contributed by atoms with Crippen molar-refractivity contribution in [3.8, 4) is 89.0 Å². The Kier molecular flexibility index (Phi) is 15.1. The summed E-state index contributed by atoms with van der Waals surface area (Å²) in [4.78, 5) is 0. The molecule has 0 saturated heterocycles. The van der Waals surface area contributed by atoms with Gasteiger partial charge in [0.2, 0.25) is 0 Å². The van der Waals surface area contributed by atoms with Crippen LogP contribution in [0, 0.1) is 0 Å². The molecular formula is C108H66OSe. The van der Waals surface area contributed by atoms with Crippen molar-refractivity contribution in [2.75, 3.05) is 0 Å². The molecule has 0 N–H and O–H groups in total. The molecule has 21 aromatic carbocycles. The number of furan rings is 1. The number of hydrogen-bond donors (Lipinski definition) is 0. The molecule has 0 bridgehead atoms. The molecule has 510 valence electrons. The normalized spacial score (nSPS) is 11.8. The van der Waals surface area contributed by atoms with Crippen LogP contribution in [-0.2, 0) is 0 Å². The van der Waals surface area contributed by atoms with Crippen molar-refractivity contribution < 1.29 is 4.42 Å². The fourth-order valence-corrected chi connectivity index (χ4v) is 21.0. The fourth-order valence-electron chi connectivity index (χ4n) is 18.5. The molecule has 0 aliphatic rings. The van der Waals surface area contributed by atoms with Crippen molar-refractivity contribution in [3.63, 3.8) is 0 Å². The van der Waals surface area contributed by atoms with Crippen LogP contribution in [0.4, 0.5) is 0 Å². The molecule has 0 spiro atoms. The van der Waals surface area contributed by atoms with Crippen LogP contribution >= 0.6 is 0 Å². The number of benzene rings is 21.